The number of aryl methyl sites for hydroxylation is 2. The van der Waals surface area contributed by atoms with Gasteiger partial charge in [0.25, 0.3) is 5.56 Å². The van der Waals surface area contributed by atoms with Crippen LogP contribution in [0, 0.1) is 0 Å². The lowest BCUT2D eigenvalue weighted by atomic mass is 10.0. The lowest BCUT2D eigenvalue weighted by Crippen LogP contribution is -2.37. The van der Waals surface area contributed by atoms with E-state index in [4.69, 9.17) is 9.84 Å². The minimum Gasteiger partial charge on any atom is -0.379 e. The molecule has 0 unspecified atom stereocenters. The molecule has 0 spiro atoms. The van der Waals surface area contributed by atoms with Crippen molar-refractivity contribution in [2.45, 2.75) is 26.3 Å². The van der Waals surface area contributed by atoms with Crippen molar-refractivity contribution in [2.24, 2.45) is 0 Å². The Bertz CT molecular complexity index is 1260. The molecule has 5 rings (SSSR count). The van der Waals surface area contributed by atoms with Crippen LogP contribution in [0.3, 0.4) is 0 Å². The lowest BCUT2D eigenvalue weighted by Gasteiger charge is -2.26. The lowest BCUT2D eigenvalue weighted by molar-refractivity contribution is 0.0369. The highest BCUT2D eigenvalue weighted by Gasteiger charge is 2.19. The van der Waals surface area contributed by atoms with E-state index in [1.165, 1.54) is 0 Å². The fourth-order valence-corrected chi connectivity index (χ4v) is 4.10. The van der Waals surface area contributed by atoms with Crippen LogP contribution in [0.2, 0.25) is 0 Å². The van der Waals surface area contributed by atoms with Crippen LogP contribution in [0.25, 0.3) is 27.9 Å². The number of nitrogens with zero attached hydrogens (tertiary/aromatic N) is 7. The average Bonchev–Trinajstić information content (AvgIpc) is 3.21. The average molecular weight is 419 g/mol. The van der Waals surface area contributed by atoms with E-state index in [1.54, 1.807) is 15.4 Å². The van der Waals surface area contributed by atoms with Gasteiger partial charge in [-0.25, -0.2) is 4.98 Å². The van der Waals surface area contributed by atoms with E-state index in [9.17, 15) is 4.79 Å². The van der Waals surface area contributed by atoms with Crippen molar-refractivity contribution in [3.05, 3.63) is 52.7 Å². The first-order chi connectivity index (χ1) is 15.3. The SMILES string of the molecule is CCc1nn2c(nnc3c(=O)n(CCCN4CCOCC4)cnc32)c1-c1ccccc1. The third-order valence-electron chi connectivity index (χ3n) is 5.75. The number of morpholine rings is 1. The smallest absolute Gasteiger partial charge is 0.283 e. The van der Waals surface area contributed by atoms with Gasteiger partial charge in [-0.15, -0.1) is 10.2 Å². The highest BCUT2D eigenvalue weighted by atomic mass is 16.5. The minimum atomic E-state index is -0.184. The molecule has 0 radical (unpaired) electrons. The number of hydrogen-bond donors (Lipinski definition) is 0. The zero-order chi connectivity index (χ0) is 21.2. The molecule has 0 N–H and O–H groups in total. The summed E-state index contributed by atoms with van der Waals surface area (Å²) in [5, 5.41) is 13.4. The summed E-state index contributed by atoms with van der Waals surface area (Å²) in [5.41, 5.74) is 3.99. The summed E-state index contributed by atoms with van der Waals surface area (Å²) in [6.07, 6.45) is 3.21. The predicted octanol–water partition coefficient (Wildman–Crippen LogP) is 1.79. The van der Waals surface area contributed by atoms with Crippen molar-refractivity contribution in [3.8, 4) is 11.1 Å². The van der Waals surface area contributed by atoms with E-state index in [0.717, 1.165) is 62.5 Å². The molecule has 1 aliphatic heterocycles. The third-order valence-corrected chi connectivity index (χ3v) is 5.75. The Balaban J connectivity index is 1.49. The van der Waals surface area contributed by atoms with Gasteiger partial charge in [-0.05, 0) is 18.4 Å². The largest absolute Gasteiger partial charge is 0.379 e. The quantitative estimate of drug-likeness (QED) is 0.471. The number of hydrogen-bond acceptors (Lipinski definition) is 7. The summed E-state index contributed by atoms with van der Waals surface area (Å²) in [5.74, 6) is 0. The van der Waals surface area contributed by atoms with E-state index < -0.39 is 0 Å². The topological polar surface area (TPSA) is 90.4 Å². The van der Waals surface area contributed by atoms with Gasteiger partial charge in [0.05, 0.1) is 24.5 Å². The normalized spacial score (nSPS) is 15.1. The molecular weight excluding hydrogens is 394 g/mol. The van der Waals surface area contributed by atoms with E-state index in [-0.39, 0.29) is 11.1 Å². The monoisotopic (exact) mass is 419 g/mol. The standard InChI is InChI=1S/C22H25N7O2/c1-2-17-18(16-7-4-3-5-8-16)20-25-24-19-21(29(20)26-17)23-15-28(22(19)30)10-6-9-27-11-13-31-14-12-27/h3-5,7-8,15H,2,6,9-14H2,1H3. The maximum Gasteiger partial charge on any atom is 0.283 e. The van der Waals surface area contributed by atoms with Crippen LogP contribution in [-0.4, -0.2) is 67.1 Å². The van der Waals surface area contributed by atoms with Gasteiger partial charge < -0.3 is 4.74 Å². The second kappa shape index (κ2) is 8.52. The molecule has 0 amide bonds. The fourth-order valence-electron chi connectivity index (χ4n) is 4.10. The summed E-state index contributed by atoms with van der Waals surface area (Å²) < 4.78 is 8.66. The van der Waals surface area contributed by atoms with Crippen LogP contribution in [0.4, 0.5) is 0 Å². The number of fused-ring (bicyclic) bond motifs is 3. The van der Waals surface area contributed by atoms with Crippen molar-refractivity contribution in [1.29, 1.82) is 0 Å². The molecule has 9 heteroatoms. The maximum atomic E-state index is 13.0. The van der Waals surface area contributed by atoms with Crippen molar-refractivity contribution >= 4 is 16.8 Å². The van der Waals surface area contributed by atoms with Gasteiger partial charge in [-0.2, -0.15) is 9.61 Å². The van der Waals surface area contributed by atoms with Gasteiger partial charge in [0, 0.05) is 26.2 Å². The Morgan fingerprint density at radius 3 is 2.61 bits per heavy atom. The molecule has 9 nitrogen and oxygen atoms in total. The Morgan fingerprint density at radius 2 is 1.84 bits per heavy atom. The van der Waals surface area contributed by atoms with Crippen LogP contribution < -0.4 is 5.56 Å². The minimum absolute atomic E-state index is 0.184. The van der Waals surface area contributed by atoms with E-state index in [2.05, 4.69) is 27.0 Å². The number of ether oxygens (including phenoxy) is 1. The first-order valence-corrected chi connectivity index (χ1v) is 10.7. The van der Waals surface area contributed by atoms with Gasteiger partial charge in [0.2, 0.25) is 0 Å². The van der Waals surface area contributed by atoms with Crippen LogP contribution in [0.5, 0.6) is 0 Å². The molecule has 0 atom stereocenters. The molecule has 1 aromatic carbocycles. The molecule has 4 heterocycles. The first-order valence-electron chi connectivity index (χ1n) is 10.7. The zero-order valence-electron chi connectivity index (χ0n) is 17.6. The van der Waals surface area contributed by atoms with E-state index in [0.29, 0.717) is 17.8 Å². The van der Waals surface area contributed by atoms with Crippen molar-refractivity contribution in [2.75, 3.05) is 32.8 Å². The van der Waals surface area contributed by atoms with E-state index >= 15 is 0 Å². The summed E-state index contributed by atoms with van der Waals surface area (Å²) in [7, 11) is 0. The molecular formula is C22H25N7O2. The third kappa shape index (κ3) is 3.70. The van der Waals surface area contributed by atoms with Crippen LogP contribution in [0.15, 0.2) is 41.5 Å². The van der Waals surface area contributed by atoms with Crippen LogP contribution in [0.1, 0.15) is 19.0 Å². The molecule has 0 aliphatic carbocycles. The van der Waals surface area contributed by atoms with E-state index in [1.807, 2.05) is 30.3 Å². The number of benzene rings is 1. The molecule has 1 fully saturated rings. The Kier molecular flexibility index (Phi) is 5.44. The molecule has 0 bridgehead atoms. The van der Waals surface area contributed by atoms with Crippen molar-refractivity contribution < 1.29 is 4.74 Å². The predicted molar refractivity (Wildman–Crippen MR) is 117 cm³/mol. The van der Waals surface area contributed by atoms with Gasteiger partial charge in [-0.3, -0.25) is 14.3 Å². The second-order valence-corrected chi connectivity index (χ2v) is 7.70. The summed E-state index contributed by atoms with van der Waals surface area (Å²) in [6.45, 7) is 7.01. The Morgan fingerprint density at radius 1 is 1.03 bits per heavy atom. The molecule has 3 aromatic heterocycles. The Hall–Kier alpha value is -3.17. The molecule has 1 saturated heterocycles. The summed E-state index contributed by atoms with van der Waals surface area (Å²) in [6, 6.07) is 10.0. The van der Waals surface area contributed by atoms with Gasteiger partial charge in [0.1, 0.15) is 6.33 Å². The highest BCUT2D eigenvalue weighted by molar-refractivity contribution is 5.83. The first kappa shape index (κ1) is 19.8. The maximum absolute atomic E-state index is 13.0. The molecule has 160 valence electrons. The molecule has 4 aromatic rings. The van der Waals surface area contributed by atoms with Crippen LogP contribution in [-0.2, 0) is 17.7 Å². The number of rotatable bonds is 6. The van der Waals surface area contributed by atoms with Crippen LogP contribution >= 0.6 is 0 Å². The molecule has 31 heavy (non-hydrogen) atoms. The molecule has 0 saturated carbocycles. The second-order valence-electron chi connectivity index (χ2n) is 7.70. The van der Waals surface area contributed by atoms with Gasteiger partial charge in [0.15, 0.2) is 16.8 Å². The van der Waals surface area contributed by atoms with Gasteiger partial charge >= 0.3 is 0 Å². The zero-order valence-corrected chi connectivity index (χ0v) is 17.6. The van der Waals surface area contributed by atoms with Gasteiger partial charge in [-0.1, -0.05) is 37.3 Å². The summed E-state index contributed by atoms with van der Waals surface area (Å²) in [4.78, 5) is 19.9. The number of aromatic nitrogens is 6. The molecule has 1 aliphatic rings. The summed E-state index contributed by atoms with van der Waals surface area (Å²) >= 11 is 0. The fraction of sp³-hybridized carbons (Fsp3) is 0.409. The Labute approximate surface area is 179 Å². The van der Waals surface area contributed by atoms with Crippen molar-refractivity contribution in [1.82, 2.24) is 34.3 Å². The highest BCUT2D eigenvalue weighted by Crippen LogP contribution is 2.28. The van der Waals surface area contributed by atoms with Crippen molar-refractivity contribution in [3.63, 3.8) is 0 Å².